The van der Waals surface area contributed by atoms with E-state index in [1.807, 2.05) is 20.8 Å². The highest BCUT2D eigenvalue weighted by molar-refractivity contribution is 5.83. The molecule has 0 spiro atoms. The minimum atomic E-state index is -5.14. The molecule has 0 amide bonds. The first-order chi connectivity index (χ1) is 13.8. The number of halogens is 6. The average Bonchev–Trinajstić information content (AvgIpc) is 3.02. The quantitative estimate of drug-likeness (QED) is 0.316. The maximum atomic E-state index is 13.1. The van der Waals surface area contributed by atoms with Gasteiger partial charge < -0.3 is 4.42 Å². The van der Waals surface area contributed by atoms with Gasteiger partial charge >= 0.3 is 12.4 Å². The molecule has 2 aromatic rings. The maximum Gasteiger partial charge on any atom is 0.417 e. The molecule has 0 atom stereocenters. The Morgan fingerprint density at radius 1 is 0.867 bits per heavy atom. The molecule has 7 heteroatoms. The third kappa shape index (κ3) is 6.28. The Balaban J connectivity index is 2.19. The van der Waals surface area contributed by atoms with Crippen LogP contribution in [0.3, 0.4) is 0 Å². The van der Waals surface area contributed by atoms with Gasteiger partial charge in [0, 0.05) is 5.39 Å². The molecule has 0 aliphatic rings. The highest BCUT2D eigenvalue weighted by Crippen LogP contribution is 2.43. The van der Waals surface area contributed by atoms with Crippen molar-refractivity contribution in [3.8, 4) is 0 Å². The second kappa shape index (κ2) is 9.14. The van der Waals surface area contributed by atoms with Gasteiger partial charge in [-0.05, 0) is 70.2 Å². The van der Waals surface area contributed by atoms with Gasteiger partial charge in [0.2, 0.25) is 0 Å². The summed E-state index contributed by atoms with van der Waals surface area (Å²) in [6, 6.07) is 2.19. The van der Waals surface area contributed by atoms with E-state index in [9.17, 15) is 26.3 Å². The second-order valence-corrected chi connectivity index (χ2v) is 7.55. The Hall–Kier alpha value is -2.44. The normalized spacial score (nSPS) is 13.0. The molecule has 1 aromatic heterocycles. The molecule has 0 unspecified atom stereocenters. The van der Waals surface area contributed by atoms with Crippen LogP contribution in [0.15, 0.2) is 52.5 Å². The van der Waals surface area contributed by atoms with Crippen LogP contribution in [0.25, 0.3) is 16.5 Å². The summed E-state index contributed by atoms with van der Waals surface area (Å²) in [6.07, 6.45) is -3.07. The van der Waals surface area contributed by atoms with Crippen molar-refractivity contribution in [1.82, 2.24) is 0 Å². The molecule has 0 aliphatic carbocycles. The topological polar surface area (TPSA) is 13.1 Å². The molecule has 30 heavy (non-hydrogen) atoms. The summed E-state index contributed by atoms with van der Waals surface area (Å²) in [4.78, 5) is 0. The third-order valence-electron chi connectivity index (χ3n) is 4.65. The third-order valence-corrected chi connectivity index (χ3v) is 4.65. The van der Waals surface area contributed by atoms with Gasteiger partial charge in [-0.15, -0.1) is 0 Å². The highest BCUT2D eigenvalue weighted by atomic mass is 19.4. The van der Waals surface area contributed by atoms with Crippen LogP contribution in [-0.4, -0.2) is 0 Å². The Kier molecular flexibility index (Phi) is 7.27. The first-order valence-electron chi connectivity index (χ1n) is 9.48. The predicted molar refractivity (Wildman–Crippen MR) is 107 cm³/mol. The largest absolute Gasteiger partial charge is 0.456 e. The van der Waals surface area contributed by atoms with Gasteiger partial charge in [-0.25, -0.2) is 0 Å². The molecular weight excluding hydrogens is 406 g/mol. The fourth-order valence-electron chi connectivity index (χ4n) is 3.04. The smallest absolute Gasteiger partial charge is 0.417 e. The van der Waals surface area contributed by atoms with Crippen molar-refractivity contribution in [3.05, 3.63) is 65.0 Å². The van der Waals surface area contributed by atoms with Crippen molar-refractivity contribution in [2.75, 3.05) is 0 Å². The first kappa shape index (κ1) is 23.8. The van der Waals surface area contributed by atoms with E-state index < -0.39 is 23.5 Å². The number of rotatable bonds is 7. The van der Waals surface area contributed by atoms with Crippen molar-refractivity contribution in [3.63, 3.8) is 0 Å². The maximum absolute atomic E-state index is 13.1. The van der Waals surface area contributed by atoms with E-state index in [4.69, 9.17) is 4.42 Å². The fraction of sp³-hybridized carbons (Fsp3) is 0.391. The van der Waals surface area contributed by atoms with Gasteiger partial charge in [0.1, 0.15) is 11.3 Å². The lowest BCUT2D eigenvalue weighted by molar-refractivity contribution is -0.161. The zero-order chi connectivity index (χ0) is 22.7. The monoisotopic (exact) mass is 430 g/mol. The van der Waals surface area contributed by atoms with Crippen LogP contribution in [0.5, 0.6) is 0 Å². The summed E-state index contributed by atoms with van der Waals surface area (Å²) >= 11 is 0. The molecule has 0 saturated carbocycles. The summed E-state index contributed by atoms with van der Waals surface area (Å²) in [5, 5.41) is -0.0417. The minimum absolute atomic E-state index is 0.0417. The predicted octanol–water partition coefficient (Wildman–Crippen LogP) is 8.96. The van der Waals surface area contributed by atoms with Crippen LogP contribution in [0.4, 0.5) is 26.3 Å². The molecule has 0 saturated heterocycles. The summed E-state index contributed by atoms with van der Waals surface area (Å²) < 4.78 is 83.9. The summed E-state index contributed by atoms with van der Waals surface area (Å²) in [5.74, 6) is 0.188. The van der Waals surface area contributed by atoms with E-state index >= 15 is 0 Å². The van der Waals surface area contributed by atoms with Gasteiger partial charge in [0.25, 0.3) is 0 Å². The fourth-order valence-corrected chi connectivity index (χ4v) is 3.04. The van der Waals surface area contributed by atoms with Gasteiger partial charge in [0.05, 0.1) is 11.1 Å². The van der Waals surface area contributed by atoms with Crippen molar-refractivity contribution < 1.29 is 30.8 Å². The zero-order valence-corrected chi connectivity index (χ0v) is 17.1. The lowest BCUT2D eigenvalue weighted by Gasteiger charge is -2.15. The van der Waals surface area contributed by atoms with Crippen LogP contribution in [0, 0.1) is 0 Å². The number of hydrogen-bond donors (Lipinski definition) is 0. The van der Waals surface area contributed by atoms with Gasteiger partial charge in [0.15, 0.2) is 0 Å². The number of alkyl halides is 6. The lowest BCUT2D eigenvalue weighted by Crippen LogP contribution is -2.16. The molecular formula is C23H24F6O. The molecule has 1 heterocycles. The SMILES string of the molecule is C=C(CCC=C(C)CCC=C(C)C)c1cc2cc(C(F)(F)F)c(C(F)(F)F)cc2o1. The Labute approximate surface area is 171 Å². The van der Waals surface area contributed by atoms with E-state index in [0.717, 1.165) is 12.8 Å². The molecule has 2 rings (SSSR count). The van der Waals surface area contributed by atoms with Crippen molar-refractivity contribution in [2.24, 2.45) is 0 Å². The van der Waals surface area contributed by atoms with Crippen molar-refractivity contribution >= 4 is 16.5 Å². The molecule has 0 radical (unpaired) electrons. The molecule has 164 valence electrons. The number of hydrogen-bond acceptors (Lipinski definition) is 1. The van der Waals surface area contributed by atoms with Crippen LogP contribution in [0.1, 0.15) is 63.3 Å². The Bertz CT molecular complexity index is 915. The molecule has 0 bridgehead atoms. The second-order valence-electron chi connectivity index (χ2n) is 7.55. The van der Waals surface area contributed by atoms with Crippen molar-refractivity contribution in [2.45, 2.75) is 58.8 Å². The standard InChI is InChI=1S/C23H24F6O/c1-14(2)7-5-8-15(3)9-6-10-16(4)20-12-17-11-18(22(24,25)26)19(23(27,28)29)13-21(17)30-20/h7,9,11-13H,4-6,8,10H2,1-3H3. The van der Waals surface area contributed by atoms with Crippen LogP contribution in [-0.2, 0) is 12.4 Å². The van der Waals surface area contributed by atoms with Crippen LogP contribution in [0.2, 0.25) is 0 Å². The van der Waals surface area contributed by atoms with Crippen LogP contribution >= 0.6 is 0 Å². The molecule has 0 fully saturated rings. The van der Waals surface area contributed by atoms with Gasteiger partial charge in [-0.1, -0.05) is 29.9 Å². The summed E-state index contributed by atoms with van der Waals surface area (Å²) in [5.41, 5.74) is -0.765. The summed E-state index contributed by atoms with van der Waals surface area (Å²) in [7, 11) is 0. The Morgan fingerprint density at radius 2 is 1.43 bits per heavy atom. The highest BCUT2D eigenvalue weighted by Gasteiger charge is 2.43. The number of fused-ring (bicyclic) bond motifs is 1. The van der Waals surface area contributed by atoms with E-state index in [1.54, 1.807) is 0 Å². The van der Waals surface area contributed by atoms with E-state index in [-0.39, 0.29) is 16.7 Å². The Morgan fingerprint density at radius 3 is 2.00 bits per heavy atom. The molecule has 1 aromatic carbocycles. The summed E-state index contributed by atoms with van der Waals surface area (Å²) in [6.45, 7) is 9.95. The van der Waals surface area contributed by atoms with E-state index in [2.05, 4.69) is 18.7 Å². The average molecular weight is 430 g/mol. The van der Waals surface area contributed by atoms with E-state index in [0.29, 0.717) is 30.5 Å². The van der Waals surface area contributed by atoms with Gasteiger partial charge in [-0.2, -0.15) is 26.3 Å². The molecule has 1 nitrogen and oxygen atoms in total. The zero-order valence-electron chi connectivity index (χ0n) is 17.1. The number of allylic oxidation sites excluding steroid dienone is 5. The molecule has 0 aliphatic heterocycles. The number of benzene rings is 1. The van der Waals surface area contributed by atoms with E-state index in [1.165, 1.54) is 17.2 Å². The van der Waals surface area contributed by atoms with Crippen LogP contribution < -0.4 is 0 Å². The van der Waals surface area contributed by atoms with Gasteiger partial charge in [-0.3, -0.25) is 0 Å². The first-order valence-corrected chi connectivity index (χ1v) is 9.48. The minimum Gasteiger partial charge on any atom is -0.456 e. The van der Waals surface area contributed by atoms with Crippen molar-refractivity contribution in [1.29, 1.82) is 0 Å². The molecule has 0 N–H and O–H groups in total. The lowest BCUT2D eigenvalue weighted by atomic mass is 10.0. The number of furan rings is 1.